The highest BCUT2D eigenvalue weighted by atomic mass is 16.1. The maximum atomic E-state index is 13.1. The molecule has 0 aromatic heterocycles. The van der Waals surface area contributed by atoms with Gasteiger partial charge in [0.25, 0.3) is 0 Å². The average molecular weight is 273 g/mol. The van der Waals surface area contributed by atoms with Gasteiger partial charge in [-0.1, -0.05) is 45.0 Å². The van der Waals surface area contributed by atoms with Crippen molar-refractivity contribution in [1.82, 2.24) is 5.32 Å². The van der Waals surface area contributed by atoms with Gasteiger partial charge < -0.3 is 0 Å². The van der Waals surface area contributed by atoms with Gasteiger partial charge >= 0.3 is 0 Å². The van der Waals surface area contributed by atoms with Gasteiger partial charge in [-0.2, -0.15) is 0 Å². The Hall–Kier alpha value is -1.15. The molecule has 0 bridgehead atoms. The van der Waals surface area contributed by atoms with Crippen molar-refractivity contribution in [3.05, 3.63) is 35.4 Å². The SMILES string of the molecule is CC(C)(C)NC1(C(=O)C(C)(C)C)Cc2ccccc2C1. The molecule has 20 heavy (non-hydrogen) atoms. The molecule has 1 aliphatic rings. The molecular formula is C18H27NO. The van der Waals surface area contributed by atoms with Gasteiger partial charge in [-0.3, -0.25) is 10.1 Å². The molecule has 0 saturated heterocycles. The van der Waals surface area contributed by atoms with Crippen molar-refractivity contribution in [1.29, 1.82) is 0 Å². The van der Waals surface area contributed by atoms with Crippen LogP contribution in [0.15, 0.2) is 24.3 Å². The first-order chi connectivity index (χ1) is 9.04. The van der Waals surface area contributed by atoms with Crippen LogP contribution in [0.4, 0.5) is 0 Å². The molecule has 0 unspecified atom stereocenters. The highest BCUT2D eigenvalue weighted by Crippen LogP contribution is 2.37. The molecule has 2 heteroatoms. The van der Waals surface area contributed by atoms with Crippen LogP contribution in [0.1, 0.15) is 52.7 Å². The van der Waals surface area contributed by atoms with Crippen molar-refractivity contribution in [3.63, 3.8) is 0 Å². The lowest BCUT2D eigenvalue weighted by molar-refractivity contribution is -0.133. The molecule has 0 atom stereocenters. The highest BCUT2D eigenvalue weighted by molar-refractivity contribution is 5.94. The second-order valence-corrected chi connectivity index (χ2v) is 8.16. The predicted molar refractivity (Wildman–Crippen MR) is 83.9 cm³/mol. The van der Waals surface area contributed by atoms with Crippen LogP contribution >= 0.6 is 0 Å². The van der Waals surface area contributed by atoms with E-state index in [4.69, 9.17) is 0 Å². The van der Waals surface area contributed by atoms with Crippen LogP contribution in [0, 0.1) is 5.41 Å². The molecule has 0 aliphatic heterocycles. The summed E-state index contributed by atoms with van der Waals surface area (Å²) >= 11 is 0. The Balaban J connectivity index is 2.42. The van der Waals surface area contributed by atoms with Crippen LogP contribution in [-0.2, 0) is 17.6 Å². The van der Waals surface area contributed by atoms with Crippen LogP contribution in [0.3, 0.4) is 0 Å². The van der Waals surface area contributed by atoms with E-state index in [1.54, 1.807) is 0 Å². The van der Waals surface area contributed by atoms with Gasteiger partial charge in [0.15, 0.2) is 5.78 Å². The summed E-state index contributed by atoms with van der Waals surface area (Å²) in [6, 6.07) is 8.43. The number of fused-ring (bicyclic) bond motifs is 1. The van der Waals surface area contributed by atoms with E-state index in [1.165, 1.54) is 11.1 Å². The number of nitrogens with one attached hydrogen (secondary N) is 1. The van der Waals surface area contributed by atoms with Gasteiger partial charge in [0.1, 0.15) is 0 Å². The monoisotopic (exact) mass is 273 g/mol. The van der Waals surface area contributed by atoms with E-state index in [0.717, 1.165) is 12.8 Å². The number of rotatable bonds is 2. The molecule has 1 aromatic carbocycles. The van der Waals surface area contributed by atoms with Gasteiger partial charge in [-0.15, -0.1) is 0 Å². The second kappa shape index (κ2) is 4.70. The number of carbonyl (C=O) groups is 1. The first-order valence-corrected chi connectivity index (χ1v) is 7.45. The number of hydrogen-bond acceptors (Lipinski definition) is 2. The molecule has 1 N–H and O–H groups in total. The van der Waals surface area contributed by atoms with Crippen molar-refractivity contribution in [3.8, 4) is 0 Å². The van der Waals surface area contributed by atoms with Crippen LogP contribution < -0.4 is 5.32 Å². The Kier molecular flexibility index (Phi) is 3.58. The normalized spacial score (nSPS) is 17.9. The lowest BCUT2D eigenvalue weighted by Crippen LogP contribution is -2.62. The summed E-state index contributed by atoms with van der Waals surface area (Å²) in [7, 11) is 0. The summed E-state index contributed by atoms with van der Waals surface area (Å²) in [5.41, 5.74) is 1.74. The van der Waals surface area contributed by atoms with E-state index >= 15 is 0 Å². The third-order valence-electron chi connectivity index (χ3n) is 3.83. The van der Waals surface area contributed by atoms with E-state index in [-0.39, 0.29) is 11.0 Å². The minimum Gasteiger partial charge on any atom is -0.300 e. The Morgan fingerprint density at radius 2 is 1.45 bits per heavy atom. The molecular weight excluding hydrogens is 246 g/mol. The van der Waals surface area contributed by atoms with Gasteiger partial charge in [0.2, 0.25) is 0 Å². The quantitative estimate of drug-likeness (QED) is 0.893. The lowest BCUT2D eigenvalue weighted by atomic mass is 9.75. The zero-order valence-electron chi connectivity index (χ0n) is 13.6. The third-order valence-corrected chi connectivity index (χ3v) is 3.83. The van der Waals surface area contributed by atoms with E-state index in [0.29, 0.717) is 5.78 Å². The smallest absolute Gasteiger partial charge is 0.158 e. The molecule has 0 fully saturated rings. The molecule has 2 rings (SSSR count). The molecule has 1 aromatic rings. The fourth-order valence-corrected chi connectivity index (χ4v) is 3.36. The number of Topliss-reactive ketones (excluding diaryl/α,β-unsaturated/α-hetero) is 1. The van der Waals surface area contributed by atoms with Crippen molar-refractivity contribution < 1.29 is 4.79 Å². The van der Waals surface area contributed by atoms with Crippen molar-refractivity contribution >= 4 is 5.78 Å². The molecule has 1 aliphatic carbocycles. The third kappa shape index (κ3) is 2.95. The van der Waals surface area contributed by atoms with E-state index < -0.39 is 5.54 Å². The van der Waals surface area contributed by atoms with Gasteiger partial charge in [-0.25, -0.2) is 0 Å². The summed E-state index contributed by atoms with van der Waals surface area (Å²) in [5.74, 6) is 0.316. The minimum absolute atomic E-state index is 0.0804. The number of hydrogen-bond donors (Lipinski definition) is 1. The summed E-state index contributed by atoms with van der Waals surface area (Å²) in [4.78, 5) is 13.1. The fourth-order valence-electron chi connectivity index (χ4n) is 3.36. The maximum absolute atomic E-state index is 13.1. The number of benzene rings is 1. The van der Waals surface area contributed by atoms with Crippen molar-refractivity contribution in [2.45, 2.75) is 65.5 Å². The fraction of sp³-hybridized carbons (Fsp3) is 0.611. The lowest BCUT2D eigenvalue weighted by Gasteiger charge is -2.40. The van der Waals surface area contributed by atoms with Crippen LogP contribution in [0.5, 0.6) is 0 Å². The summed E-state index contributed by atoms with van der Waals surface area (Å²) in [6.07, 6.45) is 1.60. The van der Waals surface area contributed by atoms with Gasteiger partial charge in [0, 0.05) is 11.0 Å². The number of ketones is 1. The van der Waals surface area contributed by atoms with Crippen molar-refractivity contribution in [2.75, 3.05) is 0 Å². The van der Waals surface area contributed by atoms with Gasteiger partial charge in [-0.05, 0) is 44.7 Å². The highest BCUT2D eigenvalue weighted by Gasteiger charge is 2.48. The van der Waals surface area contributed by atoms with Crippen molar-refractivity contribution in [2.24, 2.45) is 5.41 Å². The topological polar surface area (TPSA) is 29.1 Å². The number of carbonyl (C=O) groups excluding carboxylic acids is 1. The largest absolute Gasteiger partial charge is 0.300 e. The standard InChI is InChI=1S/C18H27NO/c1-16(2,3)15(20)18(19-17(4,5)6)11-13-9-7-8-10-14(13)12-18/h7-10,19H,11-12H2,1-6H3. The zero-order valence-corrected chi connectivity index (χ0v) is 13.6. The van der Waals surface area contributed by atoms with E-state index in [9.17, 15) is 4.79 Å². The molecule has 2 nitrogen and oxygen atoms in total. The molecule has 0 spiro atoms. The average Bonchev–Trinajstić information content (AvgIpc) is 2.62. The van der Waals surface area contributed by atoms with Gasteiger partial charge in [0.05, 0.1) is 5.54 Å². The Labute approximate surface area is 123 Å². The van der Waals surface area contributed by atoms with Crippen LogP contribution in [-0.4, -0.2) is 16.9 Å². The molecule has 0 heterocycles. The van der Waals surface area contributed by atoms with Crippen LogP contribution in [0.25, 0.3) is 0 Å². The molecule has 0 amide bonds. The summed E-state index contributed by atoms with van der Waals surface area (Å²) in [5, 5.41) is 3.64. The Morgan fingerprint density at radius 1 is 1.00 bits per heavy atom. The second-order valence-electron chi connectivity index (χ2n) is 8.16. The Morgan fingerprint density at radius 3 is 1.80 bits per heavy atom. The van der Waals surface area contributed by atoms with E-state index in [1.807, 2.05) is 20.8 Å². The first-order valence-electron chi connectivity index (χ1n) is 7.45. The zero-order chi connectivity index (χ0) is 15.2. The molecule has 110 valence electrons. The van der Waals surface area contributed by atoms with Crippen LogP contribution in [0.2, 0.25) is 0 Å². The maximum Gasteiger partial charge on any atom is 0.158 e. The molecule has 0 radical (unpaired) electrons. The summed E-state index contributed by atoms with van der Waals surface area (Å²) in [6.45, 7) is 12.5. The predicted octanol–water partition coefficient (Wildman–Crippen LogP) is 3.53. The molecule has 0 saturated carbocycles. The minimum atomic E-state index is -0.458. The first kappa shape index (κ1) is 15.2. The Bertz CT molecular complexity index is 492. The summed E-state index contributed by atoms with van der Waals surface area (Å²) < 4.78 is 0. The van der Waals surface area contributed by atoms with E-state index in [2.05, 4.69) is 50.4 Å².